The number of phenolic OH excluding ortho intramolecular Hbond substituents is 2. The zero-order valence-electron chi connectivity index (χ0n) is 6.11. The van der Waals surface area contributed by atoms with Gasteiger partial charge in [0.05, 0.1) is 0 Å². The van der Waals surface area contributed by atoms with Gasteiger partial charge >= 0.3 is 6.03 Å². The van der Waals surface area contributed by atoms with E-state index in [2.05, 4.69) is 5.32 Å². The van der Waals surface area contributed by atoms with Gasteiger partial charge in [0.25, 0.3) is 0 Å². The Bertz CT molecular complexity index is 291. The predicted octanol–water partition coefficient (Wildman–Crippen LogP) is 0.588. The Balaban J connectivity index is 3.04. The molecule has 0 aliphatic carbocycles. The van der Waals surface area contributed by atoms with Gasteiger partial charge in [0.1, 0.15) is 17.2 Å². The number of urea groups is 1. The maximum Gasteiger partial charge on any atom is 0.316 e. The fourth-order valence-electron chi connectivity index (χ4n) is 0.780. The van der Waals surface area contributed by atoms with E-state index in [1.165, 1.54) is 18.2 Å². The van der Waals surface area contributed by atoms with Crippen molar-refractivity contribution in [1.29, 1.82) is 0 Å². The molecule has 64 valence electrons. The van der Waals surface area contributed by atoms with Gasteiger partial charge < -0.3 is 21.3 Å². The molecule has 1 rings (SSSR count). The molecule has 5 N–H and O–H groups in total. The van der Waals surface area contributed by atoms with Crippen molar-refractivity contribution in [2.75, 3.05) is 5.32 Å². The normalized spacial score (nSPS) is 9.33. The number of carbonyl (C=O) groups is 1. The third-order valence-electron chi connectivity index (χ3n) is 1.27. The lowest BCUT2D eigenvalue weighted by Gasteiger charge is -2.05. The highest BCUT2D eigenvalue weighted by molar-refractivity contribution is 5.91. The third-order valence-corrected chi connectivity index (χ3v) is 1.27. The number of phenols is 2. The predicted molar refractivity (Wildman–Crippen MR) is 43.0 cm³/mol. The van der Waals surface area contributed by atoms with Gasteiger partial charge in [-0.2, -0.15) is 0 Å². The van der Waals surface area contributed by atoms with Crippen LogP contribution in [0.1, 0.15) is 0 Å². The highest BCUT2D eigenvalue weighted by atomic mass is 16.3. The van der Waals surface area contributed by atoms with E-state index in [9.17, 15) is 4.79 Å². The number of primary amides is 1. The van der Waals surface area contributed by atoms with Crippen molar-refractivity contribution in [2.24, 2.45) is 5.73 Å². The first-order valence-electron chi connectivity index (χ1n) is 3.18. The Hall–Kier alpha value is -1.91. The number of hydrogen-bond donors (Lipinski definition) is 4. The van der Waals surface area contributed by atoms with Crippen molar-refractivity contribution in [3.63, 3.8) is 0 Å². The molecule has 5 heteroatoms. The third kappa shape index (κ3) is 1.57. The van der Waals surface area contributed by atoms with Crippen molar-refractivity contribution in [3.05, 3.63) is 18.2 Å². The SMILES string of the molecule is NC(=O)Nc1c(O)cccc1O. The van der Waals surface area contributed by atoms with Crippen LogP contribution in [0.4, 0.5) is 10.5 Å². The molecule has 0 saturated carbocycles. The largest absolute Gasteiger partial charge is 0.506 e. The average Bonchev–Trinajstić information content (AvgIpc) is 1.97. The second-order valence-corrected chi connectivity index (χ2v) is 2.16. The molecule has 1 aromatic carbocycles. The Morgan fingerprint density at radius 2 is 1.83 bits per heavy atom. The molecule has 0 spiro atoms. The molecule has 0 unspecified atom stereocenters. The molecular formula is C7H8N2O3. The van der Waals surface area contributed by atoms with Crippen LogP contribution in [0.5, 0.6) is 11.5 Å². The van der Waals surface area contributed by atoms with Crippen molar-refractivity contribution in [1.82, 2.24) is 0 Å². The van der Waals surface area contributed by atoms with Gasteiger partial charge in [-0.15, -0.1) is 0 Å². The number of para-hydroxylation sites is 1. The van der Waals surface area contributed by atoms with Crippen LogP contribution in [0.2, 0.25) is 0 Å². The summed E-state index contributed by atoms with van der Waals surface area (Å²) in [5.74, 6) is -0.456. The number of nitrogens with one attached hydrogen (secondary N) is 1. The van der Waals surface area contributed by atoms with Gasteiger partial charge in [0, 0.05) is 0 Å². The second-order valence-electron chi connectivity index (χ2n) is 2.16. The summed E-state index contributed by atoms with van der Waals surface area (Å²) in [5, 5.41) is 20.3. The summed E-state index contributed by atoms with van der Waals surface area (Å²) < 4.78 is 0. The van der Waals surface area contributed by atoms with E-state index in [0.29, 0.717) is 0 Å². The molecule has 5 nitrogen and oxygen atoms in total. The summed E-state index contributed by atoms with van der Waals surface area (Å²) in [4.78, 5) is 10.4. The van der Waals surface area contributed by atoms with E-state index in [1.807, 2.05) is 0 Å². The second kappa shape index (κ2) is 3.00. The summed E-state index contributed by atoms with van der Waals surface area (Å²) in [7, 11) is 0. The Morgan fingerprint density at radius 3 is 2.25 bits per heavy atom. The smallest absolute Gasteiger partial charge is 0.316 e. The first kappa shape index (κ1) is 8.19. The number of amides is 2. The van der Waals surface area contributed by atoms with E-state index in [-0.39, 0.29) is 17.2 Å². The van der Waals surface area contributed by atoms with Gasteiger partial charge in [-0.25, -0.2) is 4.79 Å². The first-order chi connectivity index (χ1) is 5.61. The Kier molecular flexibility index (Phi) is 2.05. The summed E-state index contributed by atoms with van der Waals surface area (Å²) >= 11 is 0. The minimum atomic E-state index is -0.841. The number of benzene rings is 1. The molecule has 12 heavy (non-hydrogen) atoms. The van der Waals surface area contributed by atoms with Crippen molar-refractivity contribution < 1.29 is 15.0 Å². The molecule has 0 aliphatic heterocycles. The zero-order valence-corrected chi connectivity index (χ0v) is 6.11. The number of nitrogens with two attached hydrogens (primary N) is 1. The summed E-state index contributed by atoms with van der Waals surface area (Å²) in [6.45, 7) is 0. The number of hydrogen-bond acceptors (Lipinski definition) is 3. The molecule has 0 aromatic heterocycles. The van der Waals surface area contributed by atoms with Gasteiger partial charge in [0.15, 0.2) is 0 Å². The minimum Gasteiger partial charge on any atom is -0.506 e. The van der Waals surface area contributed by atoms with Gasteiger partial charge in [0.2, 0.25) is 0 Å². The average molecular weight is 168 g/mol. The fourth-order valence-corrected chi connectivity index (χ4v) is 0.780. The molecule has 0 fully saturated rings. The number of rotatable bonds is 1. The van der Waals surface area contributed by atoms with Crippen LogP contribution >= 0.6 is 0 Å². The lowest BCUT2D eigenvalue weighted by molar-refractivity contribution is 0.259. The molecule has 0 saturated heterocycles. The molecule has 0 heterocycles. The number of anilines is 1. The molecule has 0 bridgehead atoms. The van der Waals surface area contributed by atoms with E-state index >= 15 is 0 Å². The Labute approximate surface area is 68.4 Å². The summed E-state index contributed by atoms with van der Waals surface area (Å²) in [5.41, 5.74) is 4.71. The van der Waals surface area contributed by atoms with E-state index in [0.717, 1.165) is 0 Å². The van der Waals surface area contributed by atoms with Crippen molar-refractivity contribution in [2.45, 2.75) is 0 Å². The Morgan fingerprint density at radius 1 is 1.33 bits per heavy atom. The van der Waals surface area contributed by atoms with E-state index in [4.69, 9.17) is 15.9 Å². The lowest BCUT2D eigenvalue weighted by atomic mass is 10.2. The molecule has 0 aliphatic rings. The number of carbonyl (C=O) groups excluding carboxylic acids is 1. The minimum absolute atomic E-state index is 0.0787. The summed E-state index contributed by atoms with van der Waals surface area (Å²) in [6, 6.07) is 3.25. The highest BCUT2D eigenvalue weighted by Gasteiger charge is 2.07. The quantitative estimate of drug-likeness (QED) is 0.462. The molecule has 2 amide bonds. The fraction of sp³-hybridized carbons (Fsp3) is 0. The van der Waals surface area contributed by atoms with Crippen molar-refractivity contribution in [3.8, 4) is 11.5 Å². The maximum atomic E-state index is 10.4. The van der Waals surface area contributed by atoms with Gasteiger partial charge in [-0.1, -0.05) is 6.07 Å². The maximum absolute atomic E-state index is 10.4. The summed E-state index contributed by atoms with van der Waals surface area (Å²) in [6.07, 6.45) is 0. The standard InChI is InChI=1S/C7H8N2O3/c8-7(12)9-6-4(10)2-1-3-5(6)11/h1-3,10-11H,(H3,8,9,12). The monoisotopic (exact) mass is 168 g/mol. The van der Waals surface area contributed by atoms with Crippen LogP contribution in [0, 0.1) is 0 Å². The van der Waals surface area contributed by atoms with Crippen LogP contribution in [0.15, 0.2) is 18.2 Å². The van der Waals surface area contributed by atoms with E-state index in [1.54, 1.807) is 0 Å². The van der Waals surface area contributed by atoms with Crippen LogP contribution in [0.3, 0.4) is 0 Å². The van der Waals surface area contributed by atoms with Crippen LogP contribution in [-0.2, 0) is 0 Å². The lowest BCUT2D eigenvalue weighted by Crippen LogP contribution is -2.19. The topological polar surface area (TPSA) is 95.6 Å². The van der Waals surface area contributed by atoms with Gasteiger partial charge in [-0.3, -0.25) is 0 Å². The first-order valence-corrected chi connectivity index (χ1v) is 3.18. The molecule has 0 radical (unpaired) electrons. The van der Waals surface area contributed by atoms with Crippen LogP contribution in [-0.4, -0.2) is 16.2 Å². The molecule has 0 atom stereocenters. The molecule has 1 aromatic rings. The zero-order chi connectivity index (χ0) is 9.14. The number of aromatic hydroxyl groups is 2. The highest BCUT2D eigenvalue weighted by Crippen LogP contribution is 2.31. The van der Waals surface area contributed by atoms with Crippen molar-refractivity contribution >= 4 is 11.7 Å². The van der Waals surface area contributed by atoms with Crippen LogP contribution < -0.4 is 11.1 Å². The molecular weight excluding hydrogens is 160 g/mol. The van der Waals surface area contributed by atoms with Gasteiger partial charge in [-0.05, 0) is 12.1 Å². The van der Waals surface area contributed by atoms with Crippen LogP contribution in [0.25, 0.3) is 0 Å². The van der Waals surface area contributed by atoms with E-state index < -0.39 is 6.03 Å².